The zero-order chi connectivity index (χ0) is 12.4. The van der Waals surface area contributed by atoms with Gasteiger partial charge in [0.2, 0.25) is 0 Å². The second kappa shape index (κ2) is 5.71. The van der Waals surface area contributed by atoms with Gasteiger partial charge in [0.25, 0.3) is 0 Å². The number of hydrogen-bond donors (Lipinski definition) is 1. The van der Waals surface area contributed by atoms with Gasteiger partial charge >= 0.3 is 0 Å². The van der Waals surface area contributed by atoms with Crippen molar-refractivity contribution < 1.29 is 0 Å². The van der Waals surface area contributed by atoms with Crippen molar-refractivity contribution >= 4 is 0 Å². The summed E-state index contributed by atoms with van der Waals surface area (Å²) in [4.78, 5) is 2.74. The predicted molar refractivity (Wildman–Crippen MR) is 73.9 cm³/mol. The number of likely N-dealkylation sites (tertiary alicyclic amines) is 1. The Morgan fingerprint density at radius 2 is 1.94 bits per heavy atom. The van der Waals surface area contributed by atoms with Gasteiger partial charge in [-0.25, -0.2) is 0 Å². The van der Waals surface area contributed by atoms with Crippen LogP contribution in [0.4, 0.5) is 0 Å². The van der Waals surface area contributed by atoms with E-state index in [1.165, 1.54) is 45.2 Å². The molecule has 2 N–H and O–H groups in total. The normalized spacial score (nSPS) is 40.8. The molecule has 1 saturated carbocycles. The molecule has 0 amide bonds. The molecule has 0 aromatic rings. The molecule has 0 aromatic heterocycles. The highest BCUT2D eigenvalue weighted by Crippen LogP contribution is 2.33. The van der Waals surface area contributed by atoms with E-state index in [4.69, 9.17) is 5.73 Å². The highest BCUT2D eigenvalue weighted by molar-refractivity contribution is 4.87. The first-order chi connectivity index (χ1) is 8.08. The second-order valence-corrected chi connectivity index (χ2v) is 6.75. The molecule has 2 heteroatoms. The molecule has 4 unspecified atom stereocenters. The van der Waals surface area contributed by atoms with Gasteiger partial charge in [0.1, 0.15) is 0 Å². The minimum absolute atomic E-state index is 0.440. The van der Waals surface area contributed by atoms with Crippen LogP contribution in [0.3, 0.4) is 0 Å². The monoisotopic (exact) mass is 238 g/mol. The smallest absolute Gasteiger partial charge is 0.00981 e. The third kappa shape index (κ3) is 3.23. The van der Waals surface area contributed by atoms with Gasteiger partial charge in [-0.2, -0.15) is 0 Å². The second-order valence-electron chi connectivity index (χ2n) is 6.75. The largest absolute Gasteiger partial charge is 0.327 e. The molecule has 1 aliphatic heterocycles. The summed E-state index contributed by atoms with van der Waals surface area (Å²) in [6.45, 7) is 9.57. The molecular formula is C15H30N2. The van der Waals surface area contributed by atoms with Crippen LogP contribution in [0.5, 0.6) is 0 Å². The number of nitrogens with zero attached hydrogens (tertiary/aromatic N) is 1. The molecule has 2 nitrogen and oxygen atoms in total. The van der Waals surface area contributed by atoms with Crippen LogP contribution in [0.25, 0.3) is 0 Å². The van der Waals surface area contributed by atoms with E-state index < -0.39 is 0 Å². The predicted octanol–water partition coefficient (Wildman–Crippen LogP) is 2.87. The van der Waals surface area contributed by atoms with Crippen molar-refractivity contribution in [3.05, 3.63) is 0 Å². The van der Waals surface area contributed by atoms with Gasteiger partial charge < -0.3 is 5.73 Å². The van der Waals surface area contributed by atoms with Crippen LogP contribution in [0.1, 0.15) is 52.9 Å². The molecule has 4 atom stereocenters. The van der Waals surface area contributed by atoms with Gasteiger partial charge in [0.15, 0.2) is 0 Å². The fourth-order valence-corrected chi connectivity index (χ4v) is 3.67. The summed E-state index contributed by atoms with van der Waals surface area (Å²) in [6.07, 6.45) is 6.94. The van der Waals surface area contributed by atoms with E-state index in [9.17, 15) is 0 Å². The molecule has 0 aromatic carbocycles. The van der Waals surface area contributed by atoms with E-state index in [1.54, 1.807) is 0 Å². The average Bonchev–Trinajstić information content (AvgIpc) is 2.33. The van der Waals surface area contributed by atoms with Crippen molar-refractivity contribution in [2.24, 2.45) is 23.5 Å². The van der Waals surface area contributed by atoms with Crippen molar-refractivity contribution in [3.8, 4) is 0 Å². The van der Waals surface area contributed by atoms with Crippen LogP contribution in [-0.2, 0) is 0 Å². The number of nitrogens with two attached hydrogens (primary N) is 1. The van der Waals surface area contributed by atoms with E-state index in [0.717, 1.165) is 17.9 Å². The zero-order valence-corrected chi connectivity index (χ0v) is 11.9. The highest BCUT2D eigenvalue weighted by atomic mass is 15.2. The Labute approximate surface area is 107 Å². The first-order valence-corrected chi connectivity index (χ1v) is 7.57. The number of rotatable bonds is 2. The fraction of sp³-hybridized carbons (Fsp3) is 1.00. The maximum atomic E-state index is 6.12. The van der Waals surface area contributed by atoms with Crippen LogP contribution in [0.2, 0.25) is 0 Å². The molecule has 0 spiro atoms. The molecule has 1 saturated heterocycles. The summed E-state index contributed by atoms with van der Waals surface area (Å²) in [5.41, 5.74) is 6.12. The summed E-state index contributed by atoms with van der Waals surface area (Å²) in [6, 6.07) is 1.29. The molecule has 100 valence electrons. The fourth-order valence-electron chi connectivity index (χ4n) is 3.67. The van der Waals surface area contributed by atoms with Crippen LogP contribution >= 0.6 is 0 Å². The Kier molecular flexibility index (Phi) is 4.48. The number of piperidine rings is 1. The van der Waals surface area contributed by atoms with E-state index in [-0.39, 0.29) is 0 Å². The van der Waals surface area contributed by atoms with E-state index in [0.29, 0.717) is 12.0 Å². The summed E-state index contributed by atoms with van der Waals surface area (Å²) in [7, 11) is 0. The molecule has 2 rings (SSSR count). The summed E-state index contributed by atoms with van der Waals surface area (Å²) in [5, 5.41) is 0. The van der Waals surface area contributed by atoms with Gasteiger partial charge in [-0.15, -0.1) is 0 Å². The van der Waals surface area contributed by atoms with Gasteiger partial charge in [0.05, 0.1) is 0 Å². The molecule has 0 bridgehead atoms. The Hall–Kier alpha value is -0.0800. The van der Waals surface area contributed by atoms with Gasteiger partial charge in [0, 0.05) is 18.6 Å². The minimum Gasteiger partial charge on any atom is -0.327 e. The summed E-state index contributed by atoms with van der Waals surface area (Å²) < 4.78 is 0. The summed E-state index contributed by atoms with van der Waals surface area (Å²) in [5.74, 6) is 2.50. The first-order valence-electron chi connectivity index (χ1n) is 7.57. The molecule has 1 heterocycles. The Balaban J connectivity index is 1.89. The van der Waals surface area contributed by atoms with Gasteiger partial charge in [-0.1, -0.05) is 33.6 Å². The third-order valence-corrected chi connectivity index (χ3v) is 5.15. The summed E-state index contributed by atoms with van der Waals surface area (Å²) >= 11 is 0. The Morgan fingerprint density at radius 1 is 1.18 bits per heavy atom. The average molecular weight is 238 g/mol. The first kappa shape index (κ1) is 13.4. The lowest BCUT2D eigenvalue weighted by Gasteiger charge is -2.43. The quantitative estimate of drug-likeness (QED) is 0.801. The molecule has 0 radical (unpaired) electrons. The zero-order valence-electron chi connectivity index (χ0n) is 11.9. The van der Waals surface area contributed by atoms with Crippen LogP contribution in [0.15, 0.2) is 0 Å². The molecule has 17 heavy (non-hydrogen) atoms. The van der Waals surface area contributed by atoms with Crippen molar-refractivity contribution in [1.29, 1.82) is 0 Å². The van der Waals surface area contributed by atoms with Crippen LogP contribution in [0, 0.1) is 17.8 Å². The lowest BCUT2D eigenvalue weighted by Crippen LogP contribution is -2.51. The van der Waals surface area contributed by atoms with E-state index in [2.05, 4.69) is 25.7 Å². The minimum atomic E-state index is 0.440. The van der Waals surface area contributed by atoms with E-state index in [1.807, 2.05) is 0 Å². The van der Waals surface area contributed by atoms with Crippen molar-refractivity contribution in [2.75, 3.05) is 13.1 Å². The van der Waals surface area contributed by atoms with Crippen LogP contribution < -0.4 is 5.73 Å². The van der Waals surface area contributed by atoms with Crippen LogP contribution in [-0.4, -0.2) is 30.1 Å². The third-order valence-electron chi connectivity index (χ3n) is 5.15. The number of hydrogen-bond acceptors (Lipinski definition) is 2. The molecular weight excluding hydrogens is 208 g/mol. The standard InChI is InChI=1S/C15H30N2/c1-11(2)13-5-4-6-14(9-13)17-8-7-15(16)12(3)10-17/h11-15H,4-10,16H2,1-3H3. The van der Waals surface area contributed by atoms with Crippen molar-refractivity contribution in [2.45, 2.75) is 65.0 Å². The Morgan fingerprint density at radius 3 is 2.59 bits per heavy atom. The highest BCUT2D eigenvalue weighted by Gasteiger charge is 2.32. The molecule has 2 aliphatic rings. The van der Waals surface area contributed by atoms with Gasteiger partial charge in [-0.05, 0) is 43.6 Å². The maximum absolute atomic E-state index is 6.12. The Bertz CT molecular complexity index is 239. The van der Waals surface area contributed by atoms with E-state index >= 15 is 0 Å². The molecule has 1 aliphatic carbocycles. The van der Waals surface area contributed by atoms with Crippen molar-refractivity contribution in [3.63, 3.8) is 0 Å². The lowest BCUT2D eigenvalue weighted by atomic mass is 9.78. The molecule has 2 fully saturated rings. The maximum Gasteiger partial charge on any atom is 0.00981 e. The lowest BCUT2D eigenvalue weighted by molar-refractivity contribution is 0.0691. The van der Waals surface area contributed by atoms with Crippen molar-refractivity contribution in [1.82, 2.24) is 4.90 Å². The topological polar surface area (TPSA) is 29.3 Å². The van der Waals surface area contributed by atoms with Gasteiger partial charge in [-0.3, -0.25) is 4.90 Å². The SMILES string of the molecule is CC(C)C1CCCC(N2CCC(N)C(C)C2)C1.